The van der Waals surface area contributed by atoms with Crippen molar-refractivity contribution < 1.29 is 28.5 Å². The molecule has 0 heterocycles. The van der Waals surface area contributed by atoms with Crippen molar-refractivity contribution in [2.75, 3.05) is 28.1 Å². The molecular weight excluding hydrogens is 396 g/mol. The Morgan fingerprint density at radius 3 is 2.68 bits per heavy atom. The molecule has 6 heteroatoms. The molecule has 1 aromatic carbocycles. The second-order valence-corrected chi connectivity index (χ2v) is 9.71. The summed E-state index contributed by atoms with van der Waals surface area (Å²) >= 11 is 0. The zero-order valence-electron chi connectivity index (χ0n) is 18.6. The van der Waals surface area contributed by atoms with Gasteiger partial charge in [-0.3, -0.25) is 9.59 Å². The van der Waals surface area contributed by atoms with Crippen LogP contribution in [0.15, 0.2) is 18.2 Å². The van der Waals surface area contributed by atoms with Gasteiger partial charge in [0.2, 0.25) is 0 Å². The van der Waals surface area contributed by atoms with Crippen LogP contribution in [-0.4, -0.2) is 39.9 Å². The van der Waals surface area contributed by atoms with E-state index in [1.54, 1.807) is 14.2 Å². The van der Waals surface area contributed by atoms with Crippen LogP contribution in [-0.2, 0) is 35.8 Å². The van der Waals surface area contributed by atoms with Crippen molar-refractivity contribution in [2.24, 2.45) is 29.1 Å². The van der Waals surface area contributed by atoms with Gasteiger partial charge in [-0.15, -0.1) is 0 Å². The first-order valence-electron chi connectivity index (χ1n) is 11.4. The predicted octanol–water partition coefficient (Wildman–Crippen LogP) is 3.64. The van der Waals surface area contributed by atoms with Crippen molar-refractivity contribution in [3.05, 3.63) is 29.3 Å². The molecule has 3 fully saturated rings. The minimum Gasteiger partial charge on any atom is -0.497 e. The van der Waals surface area contributed by atoms with Crippen LogP contribution < -0.4 is 4.74 Å². The van der Waals surface area contributed by atoms with Gasteiger partial charge < -0.3 is 18.9 Å². The highest BCUT2D eigenvalue weighted by Crippen LogP contribution is 2.71. The molecule has 0 aromatic heterocycles. The summed E-state index contributed by atoms with van der Waals surface area (Å²) in [7, 11) is 4.76. The standard InChI is InChI=1S/C25H32O6/c1-28-14-31-24-13-16(10-15-11-17(29-2)8-9-19(15)24)25(23(27)30-3)20-7-5-4-6-18(20)21(26)12-22(24)25/h8-9,11,16,18,20,22H,4-7,10,12-14H2,1-3H3/t16-,18-,20+,22-,24+,25+/m0/s1. The van der Waals surface area contributed by atoms with Gasteiger partial charge in [-0.05, 0) is 60.8 Å². The zero-order valence-corrected chi connectivity index (χ0v) is 18.6. The molecule has 1 aromatic rings. The average molecular weight is 429 g/mol. The fourth-order valence-electron chi connectivity index (χ4n) is 7.80. The predicted molar refractivity (Wildman–Crippen MR) is 112 cm³/mol. The topological polar surface area (TPSA) is 71.1 Å². The molecule has 31 heavy (non-hydrogen) atoms. The Kier molecular flexibility index (Phi) is 5.13. The molecule has 0 unspecified atom stereocenters. The third-order valence-electron chi connectivity index (χ3n) is 8.77. The molecule has 4 aliphatic rings. The number of methoxy groups -OCH3 is 3. The molecule has 0 radical (unpaired) electrons. The normalized spacial score (nSPS) is 38.1. The van der Waals surface area contributed by atoms with Gasteiger partial charge >= 0.3 is 5.97 Å². The number of carbonyl (C=O) groups excluding carboxylic acids is 2. The summed E-state index contributed by atoms with van der Waals surface area (Å²) in [6, 6.07) is 6.07. The van der Waals surface area contributed by atoms with Crippen molar-refractivity contribution >= 4 is 11.8 Å². The first-order chi connectivity index (χ1) is 15.0. The molecule has 4 aliphatic carbocycles. The lowest BCUT2D eigenvalue weighted by atomic mass is 9.50. The summed E-state index contributed by atoms with van der Waals surface area (Å²) in [6.07, 6.45) is 5.75. The van der Waals surface area contributed by atoms with E-state index in [0.717, 1.165) is 49.0 Å². The van der Waals surface area contributed by atoms with Crippen LogP contribution >= 0.6 is 0 Å². The van der Waals surface area contributed by atoms with E-state index < -0.39 is 11.0 Å². The third kappa shape index (κ3) is 2.70. The molecule has 0 saturated heterocycles. The van der Waals surface area contributed by atoms with Gasteiger partial charge in [-0.2, -0.15) is 0 Å². The maximum absolute atomic E-state index is 13.7. The maximum atomic E-state index is 13.7. The summed E-state index contributed by atoms with van der Waals surface area (Å²) in [5.74, 6) is 0.736. The van der Waals surface area contributed by atoms with E-state index in [4.69, 9.17) is 18.9 Å². The Morgan fingerprint density at radius 2 is 1.94 bits per heavy atom. The summed E-state index contributed by atoms with van der Waals surface area (Å²) in [6.45, 7) is 0.119. The Balaban J connectivity index is 1.73. The van der Waals surface area contributed by atoms with Crippen LogP contribution in [0.4, 0.5) is 0 Å². The molecule has 3 saturated carbocycles. The van der Waals surface area contributed by atoms with Crippen molar-refractivity contribution in [1.29, 1.82) is 0 Å². The number of rotatable bonds is 5. The number of Topliss-reactive ketones (excluding diaryl/α,β-unsaturated/α-hetero) is 1. The van der Waals surface area contributed by atoms with Gasteiger partial charge in [0.1, 0.15) is 23.9 Å². The van der Waals surface area contributed by atoms with Crippen LogP contribution in [0.5, 0.6) is 5.75 Å². The third-order valence-corrected chi connectivity index (χ3v) is 8.77. The smallest absolute Gasteiger partial charge is 0.312 e. The van der Waals surface area contributed by atoms with Crippen molar-refractivity contribution in [2.45, 2.75) is 50.5 Å². The number of ketones is 1. The van der Waals surface area contributed by atoms with E-state index in [0.29, 0.717) is 12.8 Å². The minimum atomic E-state index is -0.729. The van der Waals surface area contributed by atoms with Gasteiger partial charge in [0.25, 0.3) is 0 Å². The second kappa shape index (κ2) is 7.59. The number of hydrogen-bond donors (Lipinski definition) is 0. The number of hydrogen-bond acceptors (Lipinski definition) is 6. The Labute approximate surface area is 183 Å². The molecular formula is C25H32O6. The summed E-state index contributed by atoms with van der Waals surface area (Å²) in [5, 5.41) is 0. The monoisotopic (exact) mass is 428 g/mol. The largest absolute Gasteiger partial charge is 0.497 e. The summed E-state index contributed by atoms with van der Waals surface area (Å²) in [5.41, 5.74) is 0.782. The Morgan fingerprint density at radius 1 is 1.13 bits per heavy atom. The van der Waals surface area contributed by atoms with Gasteiger partial charge in [0, 0.05) is 25.4 Å². The number of ether oxygens (including phenoxy) is 4. The van der Waals surface area contributed by atoms with E-state index in [1.165, 1.54) is 7.11 Å². The van der Waals surface area contributed by atoms with E-state index in [2.05, 4.69) is 12.1 Å². The second-order valence-electron chi connectivity index (χ2n) is 9.71. The van der Waals surface area contributed by atoms with Gasteiger partial charge in [0.05, 0.1) is 19.6 Å². The van der Waals surface area contributed by atoms with E-state index in [1.807, 2.05) is 6.07 Å². The maximum Gasteiger partial charge on any atom is 0.312 e. The van der Waals surface area contributed by atoms with E-state index in [9.17, 15) is 9.59 Å². The van der Waals surface area contributed by atoms with Gasteiger partial charge in [-0.1, -0.05) is 18.9 Å². The lowest BCUT2D eigenvalue weighted by Gasteiger charge is -2.52. The lowest BCUT2D eigenvalue weighted by Crippen LogP contribution is -2.58. The van der Waals surface area contributed by atoms with Crippen molar-refractivity contribution in [3.8, 4) is 5.75 Å². The first-order valence-corrected chi connectivity index (χ1v) is 11.4. The molecule has 6 nitrogen and oxygen atoms in total. The van der Waals surface area contributed by atoms with Gasteiger partial charge in [-0.25, -0.2) is 0 Å². The average Bonchev–Trinajstić information content (AvgIpc) is 3.03. The number of carbonyl (C=O) groups is 2. The Bertz CT molecular complexity index is 896. The van der Waals surface area contributed by atoms with Crippen LogP contribution in [0.1, 0.15) is 49.7 Å². The number of fused-ring (bicyclic) bond motifs is 9. The minimum absolute atomic E-state index is 0.0224. The molecule has 0 aliphatic heterocycles. The van der Waals surface area contributed by atoms with Crippen LogP contribution in [0.3, 0.4) is 0 Å². The fraction of sp³-hybridized carbons (Fsp3) is 0.680. The molecule has 5 rings (SSSR count). The zero-order chi connectivity index (χ0) is 21.8. The van der Waals surface area contributed by atoms with E-state index in [-0.39, 0.29) is 42.2 Å². The molecule has 2 bridgehead atoms. The number of esters is 1. The molecule has 0 spiro atoms. The highest BCUT2D eigenvalue weighted by atomic mass is 16.7. The van der Waals surface area contributed by atoms with Crippen molar-refractivity contribution in [1.82, 2.24) is 0 Å². The molecule has 0 amide bonds. The van der Waals surface area contributed by atoms with Crippen LogP contribution in [0, 0.1) is 29.1 Å². The van der Waals surface area contributed by atoms with Crippen LogP contribution in [0.25, 0.3) is 0 Å². The molecule has 0 N–H and O–H groups in total. The van der Waals surface area contributed by atoms with Crippen LogP contribution in [0.2, 0.25) is 0 Å². The Hall–Kier alpha value is -1.92. The quantitative estimate of drug-likeness (QED) is 0.527. The fourth-order valence-corrected chi connectivity index (χ4v) is 7.80. The van der Waals surface area contributed by atoms with Gasteiger partial charge in [0.15, 0.2) is 0 Å². The van der Waals surface area contributed by atoms with Crippen molar-refractivity contribution in [3.63, 3.8) is 0 Å². The number of benzene rings is 1. The highest BCUT2D eigenvalue weighted by molar-refractivity contribution is 5.89. The summed E-state index contributed by atoms with van der Waals surface area (Å²) < 4.78 is 22.8. The molecule has 6 atom stereocenters. The SMILES string of the molecule is COCO[C@]12C[C@H](Cc3cc(OC)ccc31)[C@@]1(C(=O)OC)[C@@H]3CCCC[C@@H]3C(=O)C[C@H]12. The molecule has 168 valence electrons. The van der Waals surface area contributed by atoms with E-state index >= 15 is 0 Å². The summed E-state index contributed by atoms with van der Waals surface area (Å²) in [4.78, 5) is 27.1. The lowest BCUT2D eigenvalue weighted by molar-refractivity contribution is -0.197. The first kappa shape index (κ1) is 21.0. The highest BCUT2D eigenvalue weighted by Gasteiger charge is 2.75.